The van der Waals surface area contributed by atoms with Crippen LogP contribution < -0.4 is 4.74 Å². The lowest BCUT2D eigenvalue weighted by Gasteiger charge is -2.18. The van der Waals surface area contributed by atoms with Crippen LogP contribution in [0, 0.1) is 0 Å². The molecule has 0 amide bonds. The maximum atomic E-state index is 12.4. The molecule has 9 heteroatoms. The molecule has 2 aromatic rings. The molecule has 0 aliphatic rings. The van der Waals surface area contributed by atoms with Crippen LogP contribution in [0.5, 0.6) is 5.88 Å². The summed E-state index contributed by atoms with van der Waals surface area (Å²) in [5.41, 5.74) is -0.241. The fourth-order valence-corrected chi connectivity index (χ4v) is 2.73. The van der Waals surface area contributed by atoms with Crippen molar-refractivity contribution in [2.75, 3.05) is 19.6 Å². The Morgan fingerprint density at radius 3 is 2.36 bits per heavy atom. The Kier molecular flexibility index (Phi) is 4.86. The molecule has 0 N–H and O–H groups in total. The summed E-state index contributed by atoms with van der Waals surface area (Å²) < 4.78 is 11.8. The molecule has 0 fully saturated rings. The molecular weight excluding hydrogens is 324 g/mol. The quantitative estimate of drug-likeness (QED) is 0.478. The van der Waals surface area contributed by atoms with Gasteiger partial charge in [0.25, 0.3) is 0 Å². The van der Waals surface area contributed by atoms with Crippen LogP contribution >= 0.6 is 23.5 Å². The van der Waals surface area contributed by atoms with Crippen molar-refractivity contribution in [2.24, 2.45) is 0 Å². The standard InChI is InChI=1S/C13H18N4O3S2/c1-13(2,3)20-12(18)17-8-7(9(16-17)19-4)10(21-5)15-11(14-8)22-6/h1-6H3. The third-order valence-electron chi connectivity index (χ3n) is 2.58. The average Bonchev–Trinajstić information content (AvgIpc) is 2.83. The van der Waals surface area contributed by atoms with Gasteiger partial charge in [-0.05, 0) is 33.3 Å². The van der Waals surface area contributed by atoms with Gasteiger partial charge in [-0.2, -0.15) is 0 Å². The summed E-state index contributed by atoms with van der Waals surface area (Å²) in [6, 6.07) is 0. The first-order valence-corrected chi connectivity index (χ1v) is 8.91. The van der Waals surface area contributed by atoms with Gasteiger partial charge in [-0.15, -0.1) is 21.5 Å². The second kappa shape index (κ2) is 6.33. The van der Waals surface area contributed by atoms with E-state index < -0.39 is 11.7 Å². The number of carbonyl (C=O) groups excluding carboxylic acids is 1. The molecule has 0 saturated heterocycles. The molecule has 0 radical (unpaired) electrons. The number of hydrogen-bond acceptors (Lipinski definition) is 8. The molecule has 7 nitrogen and oxygen atoms in total. The second-order valence-electron chi connectivity index (χ2n) is 5.32. The molecule has 22 heavy (non-hydrogen) atoms. The van der Waals surface area contributed by atoms with E-state index in [-0.39, 0.29) is 0 Å². The first kappa shape index (κ1) is 16.9. The van der Waals surface area contributed by atoms with E-state index in [1.807, 2.05) is 12.5 Å². The molecule has 0 aliphatic carbocycles. The highest BCUT2D eigenvalue weighted by Crippen LogP contribution is 2.33. The number of thioether (sulfide) groups is 2. The largest absolute Gasteiger partial charge is 0.479 e. The minimum absolute atomic E-state index is 0.304. The van der Waals surface area contributed by atoms with Crippen LogP contribution in [0.4, 0.5) is 4.79 Å². The van der Waals surface area contributed by atoms with Gasteiger partial charge in [-0.25, -0.2) is 14.8 Å². The van der Waals surface area contributed by atoms with Gasteiger partial charge < -0.3 is 9.47 Å². The molecule has 120 valence electrons. The van der Waals surface area contributed by atoms with Gasteiger partial charge >= 0.3 is 6.09 Å². The molecule has 0 spiro atoms. The van der Waals surface area contributed by atoms with E-state index in [9.17, 15) is 4.79 Å². The Hall–Kier alpha value is -1.48. The lowest BCUT2D eigenvalue weighted by Crippen LogP contribution is -2.28. The average molecular weight is 342 g/mol. The minimum atomic E-state index is -0.625. The van der Waals surface area contributed by atoms with E-state index >= 15 is 0 Å². The van der Waals surface area contributed by atoms with Crippen LogP contribution in [0.3, 0.4) is 0 Å². The lowest BCUT2D eigenvalue weighted by molar-refractivity contribution is 0.0519. The van der Waals surface area contributed by atoms with Gasteiger partial charge in [0.2, 0.25) is 5.88 Å². The molecule has 0 saturated carbocycles. The molecule has 2 aromatic heterocycles. The van der Waals surface area contributed by atoms with Gasteiger partial charge in [0.05, 0.1) is 7.11 Å². The fraction of sp³-hybridized carbons (Fsp3) is 0.538. The van der Waals surface area contributed by atoms with Gasteiger partial charge in [0, 0.05) is 0 Å². The summed E-state index contributed by atoms with van der Waals surface area (Å²) in [7, 11) is 1.49. The van der Waals surface area contributed by atoms with Crippen molar-refractivity contribution in [2.45, 2.75) is 36.6 Å². The van der Waals surface area contributed by atoms with Crippen molar-refractivity contribution in [1.82, 2.24) is 19.7 Å². The number of rotatable bonds is 3. The zero-order valence-corrected chi connectivity index (χ0v) is 15.0. The number of ether oxygens (including phenoxy) is 2. The summed E-state index contributed by atoms with van der Waals surface area (Å²) >= 11 is 2.84. The van der Waals surface area contributed by atoms with Crippen molar-refractivity contribution >= 4 is 40.7 Å². The zero-order valence-electron chi connectivity index (χ0n) is 13.3. The van der Waals surface area contributed by atoms with Gasteiger partial charge in [-0.1, -0.05) is 11.8 Å². The molecule has 0 unspecified atom stereocenters. The molecule has 2 heterocycles. The third-order valence-corrected chi connectivity index (χ3v) is 3.81. The first-order valence-electron chi connectivity index (χ1n) is 6.46. The highest BCUT2D eigenvalue weighted by atomic mass is 32.2. The SMILES string of the molecule is COc1nn(C(=O)OC(C)(C)C)c2nc(SC)nc(SC)c12. The molecular formula is C13H18N4O3S2. The Labute approximate surface area is 137 Å². The van der Waals surface area contributed by atoms with E-state index in [0.717, 1.165) is 4.68 Å². The predicted octanol–water partition coefficient (Wildman–Crippen LogP) is 3.06. The summed E-state index contributed by atoms with van der Waals surface area (Å²) in [5, 5.41) is 6.05. The molecule has 0 aliphatic heterocycles. The number of nitrogens with zero attached hydrogens (tertiary/aromatic N) is 4. The summed E-state index contributed by atoms with van der Waals surface area (Å²) in [4.78, 5) is 21.2. The number of methoxy groups -OCH3 is 1. The number of hydrogen-bond donors (Lipinski definition) is 0. The van der Waals surface area contributed by atoms with Crippen molar-refractivity contribution in [1.29, 1.82) is 0 Å². The van der Waals surface area contributed by atoms with Crippen molar-refractivity contribution < 1.29 is 14.3 Å². The zero-order chi connectivity index (χ0) is 16.5. The van der Waals surface area contributed by atoms with E-state index in [2.05, 4.69) is 15.1 Å². The number of fused-ring (bicyclic) bond motifs is 1. The Morgan fingerprint density at radius 2 is 1.86 bits per heavy atom. The number of carbonyl (C=O) groups is 1. The molecule has 0 bridgehead atoms. The van der Waals surface area contributed by atoms with Crippen LogP contribution in [0.25, 0.3) is 11.0 Å². The lowest BCUT2D eigenvalue weighted by atomic mass is 10.2. The Morgan fingerprint density at radius 1 is 1.18 bits per heavy atom. The summed E-state index contributed by atoms with van der Waals surface area (Å²) in [6.45, 7) is 5.39. The minimum Gasteiger partial charge on any atom is -0.479 e. The molecule has 0 atom stereocenters. The predicted molar refractivity (Wildman–Crippen MR) is 87.1 cm³/mol. The van der Waals surface area contributed by atoms with E-state index in [1.54, 1.807) is 20.8 Å². The Balaban J connectivity index is 2.67. The maximum Gasteiger partial charge on any atom is 0.437 e. The van der Waals surface area contributed by atoms with E-state index in [4.69, 9.17) is 9.47 Å². The van der Waals surface area contributed by atoms with Crippen molar-refractivity contribution in [3.05, 3.63) is 0 Å². The fourth-order valence-electron chi connectivity index (χ4n) is 1.75. The second-order valence-corrected chi connectivity index (χ2v) is 6.89. The van der Waals surface area contributed by atoms with Crippen LogP contribution in [0.2, 0.25) is 0 Å². The van der Waals surface area contributed by atoms with Gasteiger partial charge in [-0.3, -0.25) is 0 Å². The number of aromatic nitrogens is 4. The summed E-state index contributed by atoms with van der Waals surface area (Å²) in [5.74, 6) is 0.304. The summed E-state index contributed by atoms with van der Waals surface area (Å²) in [6.07, 6.45) is 3.17. The van der Waals surface area contributed by atoms with Crippen LogP contribution in [-0.4, -0.2) is 51.1 Å². The normalized spacial score (nSPS) is 11.7. The van der Waals surface area contributed by atoms with Crippen molar-refractivity contribution in [3.63, 3.8) is 0 Å². The molecule has 2 rings (SSSR count). The third kappa shape index (κ3) is 3.30. The van der Waals surface area contributed by atoms with Crippen LogP contribution in [-0.2, 0) is 4.74 Å². The van der Waals surface area contributed by atoms with Crippen LogP contribution in [0.1, 0.15) is 20.8 Å². The molecule has 0 aromatic carbocycles. The maximum absolute atomic E-state index is 12.4. The van der Waals surface area contributed by atoms with E-state index in [1.165, 1.54) is 30.6 Å². The van der Waals surface area contributed by atoms with E-state index in [0.29, 0.717) is 27.1 Å². The highest BCUT2D eigenvalue weighted by Gasteiger charge is 2.26. The van der Waals surface area contributed by atoms with Crippen LogP contribution in [0.15, 0.2) is 10.2 Å². The Bertz CT molecular complexity index is 709. The smallest absolute Gasteiger partial charge is 0.437 e. The van der Waals surface area contributed by atoms with Crippen molar-refractivity contribution in [3.8, 4) is 5.88 Å². The topological polar surface area (TPSA) is 79.1 Å². The first-order chi connectivity index (χ1) is 10.3. The highest BCUT2D eigenvalue weighted by molar-refractivity contribution is 7.99. The monoisotopic (exact) mass is 342 g/mol. The van der Waals surface area contributed by atoms with Gasteiger partial charge in [0.1, 0.15) is 16.0 Å². The van der Waals surface area contributed by atoms with Gasteiger partial charge in [0.15, 0.2) is 10.8 Å².